The number of hydrogen-bond acceptors (Lipinski definition) is 3. The molecule has 3 nitrogen and oxygen atoms in total. The number of hydrogen-bond donors (Lipinski definition) is 2. The summed E-state index contributed by atoms with van der Waals surface area (Å²) in [6, 6.07) is 9.95. The molecule has 0 bridgehead atoms. The van der Waals surface area contributed by atoms with E-state index in [2.05, 4.69) is 10.2 Å². The van der Waals surface area contributed by atoms with Crippen molar-refractivity contribution in [2.45, 2.75) is 5.03 Å². The zero-order chi connectivity index (χ0) is 9.97. The van der Waals surface area contributed by atoms with Crippen LogP contribution in [0, 0.1) is 0 Å². The summed E-state index contributed by atoms with van der Waals surface area (Å²) in [6.07, 6.45) is 1.96. The van der Waals surface area contributed by atoms with Crippen molar-refractivity contribution in [2.75, 3.05) is 12.0 Å². The second kappa shape index (κ2) is 3.75. The van der Waals surface area contributed by atoms with E-state index in [1.54, 1.807) is 11.8 Å². The SMILES string of the molecule is CSc1n[nH]c(-c2ccccc2)c1N. The van der Waals surface area contributed by atoms with Crippen LogP contribution < -0.4 is 5.73 Å². The summed E-state index contributed by atoms with van der Waals surface area (Å²) in [5.41, 5.74) is 8.62. The predicted octanol–water partition coefficient (Wildman–Crippen LogP) is 2.38. The van der Waals surface area contributed by atoms with E-state index < -0.39 is 0 Å². The number of nitrogens with two attached hydrogens (primary N) is 1. The Labute approximate surface area is 86.7 Å². The molecular weight excluding hydrogens is 194 g/mol. The number of aromatic amines is 1. The third-order valence-electron chi connectivity index (χ3n) is 2.02. The third-order valence-corrected chi connectivity index (χ3v) is 2.72. The lowest BCUT2D eigenvalue weighted by atomic mass is 10.1. The van der Waals surface area contributed by atoms with Gasteiger partial charge in [-0.2, -0.15) is 5.10 Å². The summed E-state index contributed by atoms with van der Waals surface area (Å²) in [7, 11) is 0. The Bertz CT molecular complexity index is 422. The first-order valence-corrected chi connectivity index (χ1v) is 5.48. The van der Waals surface area contributed by atoms with Crippen molar-refractivity contribution in [3.8, 4) is 11.3 Å². The molecule has 0 atom stereocenters. The molecule has 3 N–H and O–H groups in total. The molecule has 0 amide bonds. The van der Waals surface area contributed by atoms with Crippen LogP contribution in [0.25, 0.3) is 11.3 Å². The van der Waals surface area contributed by atoms with Crippen LogP contribution in [-0.2, 0) is 0 Å². The van der Waals surface area contributed by atoms with E-state index in [-0.39, 0.29) is 0 Å². The van der Waals surface area contributed by atoms with Crippen molar-refractivity contribution in [1.82, 2.24) is 10.2 Å². The van der Waals surface area contributed by atoms with Gasteiger partial charge in [-0.25, -0.2) is 0 Å². The number of rotatable bonds is 2. The minimum atomic E-state index is 0.726. The molecule has 14 heavy (non-hydrogen) atoms. The summed E-state index contributed by atoms with van der Waals surface area (Å²) < 4.78 is 0. The number of nitrogens with zero attached hydrogens (tertiary/aromatic N) is 1. The van der Waals surface area contributed by atoms with Crippen LogP contribution in [-0.4, -0.2) is 16.5 Å². The van der Waals surface area contributed by atoms with Crippen molar-refractivity contribution in [1.29, 1.82) is 0 Å². The van der Waals surface area contributed by atoms with Gasteiger partial charge in [0.15, 0.2) is 0 Å². The van der Waals surface area contributed by atoms with Gasteiger partial charge in [0, 0.05) is 5.56 Å². The van der Waals surface area contributed by atoms with Gasteiger partial charge in [-0.1, -0.05) is 30.3 Å². The maximum atomic E-state index is 5.93. The van der Waals surface area contributed by atoms with E-state index in [9.17, 15) is 0 Å². The summed E-state index contributed by atoms with van der Waals surface area (Å²) in [6.45, 7) is 0. The minimum absolute atomic E-state index is 0.726. The van der Waals surface area contributed by atoms with Crippen LogP contribution in [0.15, 0.2) is 35.4 Å². The zero-order valence-electron chi connectivity index (χ0n) is 7.82. The Kier molecular flexibility index (Phi) is 2.45. The summed E-state index contributed by atoms with van der Waals surface area (Å²) in [5, 5.41) is 7.92. The van der Waals surface area contributed by atoms with Gasteiger partial charge < -0.3 is 5.73 Å². The number of nitrogen functional groups attached to an aromatic ring is 1. The van der Waals surface area contributed by atoms with Crippen LogP contribution in [0.2, 0.25) is 0 Å². The lowest BCUT2D eigenvalue weighted by Gasteiger charge is -1.98. The molecular formula is C10H11N3S. The molecule has 0 aliphatic heterocycles. The van der Waals surface area contributed by atoms with Crippen LogP contribution in [0.5, 0.6) is 0 Å². The summed E-state index contributed by atoms with van der Waals surface area (Å²) in [5.74, 6) is 0. The van der Waals surface area contributed by atoms with Crippen molar-refractivity contribution >= 4 is 17.4 Å². The largest absolute Gasteiger partial charge is 0.395 e. The lowest BCUT2D eigenvalue weighted by molar-refractivity contribution is 1.01. The molecule has 0 aliphatic carbocycles. The van der Waals surface area contributed by atoms with Crippen molar-refractivity contribution < 1.29 is 0 Å². The molecule has 2 rings (SSSR count). The van der Waals surface area contributed by atoms with Crippen LogP contribution in [0.1, 0.15) is 0 Å². The molecule has 72 valence electrons. The number of benzene rings is 1. The highest BCUT2D eigenvalue weighted by molar-refractivity contribution is 7.98. The minimum Gasteiger partial charge on any atom is -0.395 e. The lowest BCUT2D eigenvalue weighted by Crippen LogP contribution is -1.87. The van der Waals surface area contributed by atoms with Gasteiger partial charge in [-0.3, -0.25) is 5.10 Å². The van der Waals surface area contributed by atoms with Crippen molar-refractivity contribution in [2.24, 2.45) is 0 Å². The Hall–Kier alpha value is -1.42. The predicted molar refractivity (Wildman–Crippen MR) is 60.2 cm³/mol. The summed E-state index contributed by atoms with van der Waals surface area (Å²) >= 11 is 1.54. The van der Waals surface area contributed by atoms with E-state index in [0.29, 0.717) is 0 Å². The third kappa shape index (κ3) is 1.48. The highest BCUT2D eigenvalue weighted by atomic mass is 32.2. The van der Waals surface area contributed by atoms with Gasteiger partial charge >= 0.3 is 0 Å². The van der Waals surface area contributed by atoms with E-state index in [4.69, 9.17) is 5.73 Å². The first kappa shape index (κ1) is 9.15. The first-order chi connectivity index (χ1) is 6.83. The molecule has 1 heterocycles. The fraction of sp³-hybridized carbons (Fsp3) is 0.100. The fourth-order valence-electron chi connectivity index (χ4n) is 1.31. The Morgan fingerprint density at radius 3 is 2.57 bits per heavy atom. The van der Waals surface area contributed by atoms with Gasteiger partial charge in [-0.05, 0) is 6.26 Å². The van der Waals surface area contributed by atoms with Gasteiger partial charge in [0.2, 0.25) is 0 Å². The Morgan fingerprint density at radius 1 is 1.29 bits per heavy atom. The molecule has 0 saturated carbocycles. The summed E-state index contributed by atoms with van der Waals surface area (Å²) in [4.78, 5) is 0. The van der Waals surface area contributed by atoms with Gasteiger partial charge in [0.25, 0.3) is 0 Å². The molecule has 2 aromatic rings. The highest BCUT2D eigenvalue weighted by Gasteiger charge is 2.09. The molecule has 0 unspecified atom stereocenters. The molecule has 0 aliphatic rings. The van der Waals surface area contributed by atoms with Gasteiger partial charge in [-0.15, -0.1) is 11.8 Å². The van der Waals surface area contributed by atoms with E-state index >= 15 is 0 Å². The number of anilines is 1. The molecule has 1 aromatic heterocycles. The molecule has 0 spiro atoms. The number of H-pyrrole nitrogens is 1. The first-order valence-electron chi connectivity index (χ1n) is 4.26. The van der Waals surface area contributed by atoms with Crippen LogP contribution in [0.4, 0.5) is 5.69 Å². The smallest absolute Gasteiger partial charge is 0.141 e. The van der Waals surface area contributed by atoms with Crippen LogP contribution >= 0.6 is 11.8 Å². The van der Waals surface area contributed by atoms with Gasteiger partial charge in [0.05, 0.1) is 11.4 Å². The van der Waals surface area contributed by atoms with Crippen molar-refractivity contribution in [3.05, 3.63) is 30.3 Å². The second-order valence-electron chi connectivity index (χ2n) is 2.89. The molecule has 0 radical (unpaired) electrons. The van der Waals surface area contributed by atoms with E-state index in [1.165, 1.54) is 0 Å². The molecule has 0 fully saturated rings. The molecule has 4 heteroatoms. The standard InChI is InChI=1S/C10H11N3S/c1-14-10-8(11)9(12-13-10)7-5-3-2-4-6-7/h2-6H,11H2,1H3,(H,12,13). The number of aromatic nitrogens is 2. The Balaban J connectivity index is 2.48. The normalized spacial score (nSPS) is 10.4. The maximum Gasteiger partial charge on any atom is 0.141 e. The van der Waals surface area contributed by atoms with Gasteiger partial charge in [0.1, 0.15) is 5.03 Å². The molecule has 1 aromatic carbocycles. The van der Waals surface area contributed by atoms with E-state index in [0.717, 1.165) is 22.0 Å². The number of nitrogens with one attached hydrogen (secondary N) is 1. The fourth-order valence-corrected chi connectivity index (χ4v) is 1.77. The highest BCUT2D eigenvalue weighted by Crippen LogP contribution is 2.30. The maximum absolute atomic E-state index is 5.93. The number of thioether (sulfide) groups is 1. The van der Waals surface area contributed by atoms with Crippen molar-refractivity contribution in [3.63, 3.8) is 0 Å². The zero-order valence-corrected chi connectivity index (χ0v) is 8.64. The second-order valence-corrected chi connectivity index (χ2v) is 3.68. The van der Waals surface area contributed by atoms with E-state index in [1.807, 2.05) is 36.6 Å². The average molecular weight is 205 g/mol. The topological polar surface area (TPSA) is 54.7 Å². The quantitative estimate of drug-likeness (QED) is 0.740. The monoisotopic (exact) mass is 205 g/mol. The Morgan fingerprint density at radius 2 is 2.00 bits per heavy atom. The average Bonchev–Trinajstić information content (AvgIpc) is 2.61. The van der Waals surface area contributed by atoms with Crippen LogP contribution in [0.3, 0.4) is 0 Å². The molecule has 0 saturated heterocycles.